The maximum atomic E-state index is 4.47. The van der Waals surface area contributed by atoms with Crippen molar-refractivity contribution in [2.24, 2.45) is 7.05 Å². The van der Waals surface area contributed by atoms with Crippen LogP contribution < -0.4 is 10.6 Å². The molecule has 0 unspecified atom stereocenters. The van der Waals surface area contributed by atoms with Crippen LogP contribution in [0.3, 0.4) is 0 Å². The second-order valence-corrected chi connectivity index (χ2v) is 4.51. The van der Waals surface area contributed by atoms with Gasteiger partial charge in [0.05, 0.1) is 11.2 Å². The summed E-state index contributed by atoms with van der Waals surface area (Å²) < 4.78 is 1.92. The van der Waals surface area contributed by atoms with Crippen molar-refractivity contribution in [1.82, 2.24) is 9.78 Å². The highest BCUT2D eigenvalue weighted by Crippen LogP contribution is 2.32. The van der Waals surface area contributed by atoms with E-state index in [0.29, 0.717) is 0 Å². The van der Waals surface area contributed by atoms with Crippen LogP contribution >= 0.6 is 0 Å². The van der Waals surface area contributed by atoms with Gasteiger partial charge in [-0.25, -0.2) is 0 Å². The number of aryl methyl sites for hydroxylation is 2. The zero-order valence-electron chi connectivity index (χ0n) is 9.31. The molecule has 1 aromatic rings. The van der Waals surface area contributed by atoms with Crippen LogP contribution in [0.15, 0.2) is 0 Å². The summed E-state index contributed by atoms with van der Waals surface area (Å²) in [5.41, 5.74) is 2.42. The molecule has 0 bridgehead atoms. The Morgan fingerprint density at radius 1 is 1.50 bits per heavy atom. The number of anilines is 2. The first kappa shape index (κ1) is 9.37. The summed E-state index contributed by atoms with van der Waals surface area (Å²) >= 11 is 0. The highest BCUT2D eigenvalue weighted by atomic mass is 15.4. The van der Waals surface area contributed by atoms with Gasteiger partial charge in [-0.1, -0.05) is 6.92 Å². The molecule has 14 heavy (non-hydrogen) atoms. The van der Waals surface area contributed by atoms with Crippen molar-refractivity contribution in [1.29, 1.82) is 0 Å². The Morgan fingerprint density at radius 2 is 2.21 bits per heavy atom. The van der Waals surface area contributed by atoms with Gasteiger partial charge in [0, 0.05) is 13.6 Å². The topological polar surface area (TPSA) is 41.9 Å². The number of rotatable bonds is 1. The van der Waals surface area contributed by atoms with Gasteiger partial charge in [-0.3, -0.25) is 4.68 Å². The molecule has 0 spiro atoms. The van der Waals surface area contributed by atoms with E-state index in [1.165, 1.54) is 5.69 Å². The fraction of sp³-hybridized carbons (Fsp3) is 0.700. The Kier molecular flexibility index (Phi) is 1.94. The molecule has 1 aliphatic heterocycles. The molecule has 2 N–H and O–H groups in total. The average molecular weight is 194 g/mol. The molecule has 0 fully saturated rings. The normalized spacial score (nSPS) is 18.3. The Hall–Kier alpha value is -1.19. The van der Waals surface area contributed by atoms with E-state index in [2.05, 4.69) is 36.5 Å². The van der Waals surface area contributed by atoms with Gasteiger partial charge in [-0.2, -0.15) is 5.10 Å². The fourth-order valence-corrected chi connectivity index (χ4v) is 1.83. The quantitative estimate of drug-likeness (QED) is 0.713. The van der Waals surface area contributed by atoms with Crippen LogP contribution in [0.2, 0.25) is 0 Å². The van der Waals surface area contributed by atoms with Crippen LogP contribution in [-0.2, 0) is 13.5 Å². The van der Waals surface area contributed by atoms with E-state index in [1.807, 2.05) is 11.7 Å². The third-order valence-electron chi connectivity index (χ3n) is 2.62. The average Bonchev–Trinajstić information content (AvgIpc) is 2.41. The lowest BCUT2D eigenvalue weighted by molar-refractivity contribution is 0.576. The van der Waals surface area contributed by atoms with Crippen LogP contribution in [-0.4, -0.2) is 21.9 Å². The largest absolute Gasteiger partial charge is 0.378 e. The molecule has 4 nitrogen and oxygen atoms in total. The minimum atomic E-state index is 0.103. The monoisotopic (exact) mass is 194 g/mol. The Morgan fingerprint density at radius 3 is 2.86 bits per heavy atom. The molecule has 2 heterocycles. The fourth-order valence-electron chi connectivity index (χ4n) is 1.83. The second kappa shape index (κ2) is 2.90. The summed E-state index contributed by atoms with van der Waals surface area (Å²) in [5, 5.41) is 11.4. The van der Waals surface area contributed by atoms with Crippen LogP contribution in [0.5, 0.6) is 0 Å². The first-order chi connectivity index (χ1) is 6.53. The summed E-state index contributed by atoms with van der Waals surface area (Å²) in [6.45, 7) is 7.44. The molecule has 0 saturated carbocycles. The van der Waals surface area contributed by atoms with Crippen LogP contribution in [0.1, 0.15) is 26.5 Å². The van der Waals surface area contributed by atoms with Gasteiger partial charge < -0.3 is 10.6 Å². The van der Waals surface area contributed by atoms with Gasteiger partial charge in [0.2, 0.25) is 0 Å². The minimum Gasteiger partial charge on any atom is -0.378 e. The Balaban J connectivity index is 2.43. The lowest BCUT2D eigenvalue weighted by Gasteiger charge is -2.33. The molecule has 2 rings (SSSR count). The molecular weight excluding hydrogens is 176 g/mol. The van der Waals surface area contributed by atoms with Gasteiger partial charge in [-0.05, 0) is 20.3 Å². The zero-order chi connectivity index (χ0) is 10.3. The number of fused-ring (bicyclic) bond motifs is 1. The number of hydrogen-bond acceptors (Lipinski definition) is 3. The van der Waals surface area contributed by atoms with Gasteiger partial charge in [0.1, 0.15) is 11.5 Å². The van der Waals surface area contributed by atoms with Crippen molar-refractivity contribution in [3.63, 3.8) is 0 Å². The zero-order valence-corrected chi connectivity index (χ0v) is 9.31. The molecule has 0 aromatic carbocycles. The predicted molar refractivity (Wildman–Crippen MR) is 58.8 cm³/mol. The third kappa shape index (κ3) is 1.35. The third-order valence-corrected chi connectivity index (χ3v) is 2.62. The van der Waals surface area contributed by atoms with Crippen LogP contribution in [0.4, 0.5) is 11.5 Å². The van der Waals surface area contributed by atoms with Crippen LogP contribution in [0, 0.1) is 0 Å². The maximum absolute atomic E-state index is 4.47. The molecule has 1 aliphatic rings. The summed E-state index contributed by atoms with van der Waals surface area (Å²) in [7, 11) is 1.98. The lowest BCUT2D eigenvalue weighted by Crippen LogP contribution is -2.42. The molecule has 0 aliphatic carbocycles. The molecule has 1 aromatic heterocycles. The van der Waals surface area contributed by atoms with E-state index >= 15 is 0 Å². The standard InChI is InChI=1S/C10H18N4/c1-5-7-8-9(14(4)13-7)12-10(2,3)6-11-8/h11-12H,5-6H2,1-4H3. The van der Waals surface area contributed by atoms with E-state index < -0.39 is 0 Å². The maximum Gasteiger partial charge on any atom is 0.148 e. The molecule has 0 saturated heterocycles. The number of nitrogens with one attached hydrogen (secondary N) is 2. The molecular formula is C10H18N4. The molecule has 0 amide bonds. The van der Waals surface area contributed by atoms with Gasteiger partial charge >= 0.3 is 0 Å². The van der Waals surface area contributed by atoms with E-state index in [9.17, 15) is 0 Å². The van der Waals surface area contributed by atoms with E-state index in [4.69, 9.17) is 0 Å². The number of nitrogens with zero attached hydrogens (tertiary/aromatic N) is 2. The second-order valence-electron chi connectivity index (χ2n) is 4.51. The van der Waals surface area contributed by atoms with E-state index in [1.54, 1.807) is 0 Å². The Bertz CT molecular complexity index is 351. The van der Waals surface area contributed by atoms with Crippen molar-refractivity contribution >= 4 is 11.5 Å². The summed E-state index contributed by atoms with van der Waals surface area (Å²) in [6, 6.07) is 0. The first-order valence-corrected chi connectivity index (χ1v) is 5.11. The highest BCUT2D eigenvalue weighted by Gasteiger charge is 2.28. The van der Waals surface area contributed by atoms with Crippen molar-refractivity contribution in [2.45, 2.75) is 32.7 Å². The van der Waals surface area contributed by atoms with Gasteiger partial charge in [0.25, 0.3) is 0 Å². The van der Waals surface area contributed by atoms with Crippen LogP contribution in [0.25, 0.3) is 0 Å². The summed E-state index contributed by atoms with van der Waals surface area (Å²) in [5.74, 6) is 1.11. The minimum absolute atomic E-state index is 0.103. The Labute approximate surface area is 84.7 Å². The van der Waals surface area contributed by atoms with Crippen molar-refractivity contribution < 1.29 is 0 Å². The highest BCUT2D eigenvalue weighted by molar-refractivity contribution is 5.71. The predicted octanol–water partition coefficient (Wildman–Crippen LogP) is 1.60. The summed E-state index contributed by atoms with van der Waals surface area (Å²) in [4.78, 5) is 0. The molecule has 78 valence electrons. The smallest absolute Gasteiger partial charge is 0.148 e. The van der Waals surface area contributed by atoms with E-state index in [-0.39, 0.29) is 5.54 Å². The SMILES string of the molecule is CCc1nn(C)c2c1NCC(C)(C)N2. The van der Waals surface area contributed by atoms with Crippen molar-refractivity contribution in [2.75, 3.05) is 17.2 Å². The molecule has 0 atom stereocenters. The first-order valence-electron chi connectivity index (χ1n) is 5.11. The molecule has 0 radical (unpaired) electrons. The van der Waals surface area contributed by atoms with Crippen molar-refractivity contribution in [3.05, 3.63) is 5.69 Å². The lowest BCUT2D eigenvalue weighted by atomic mass is 10.0. The van der Waals surface area contributed by atoms with Gasteiger partial charge in [0.15, 0.2) is 0 Å². The summed E-state index contributed by atoms with van der Waals surface area (Å²) in [6.07, 6.45) is 0.971. The van der Waals surface area contributed by atoms with E-state index in [0.717, 1.165) is 24.5 Å². The number of hydrogen-bond donors (Lipinski definition) is 2. The number of aromatic nitrogens is 2. The van der Waals surface area contributed by atoms with Crippen molar-refractivity contribution in [3.8, 4) is 0 Å². The molecule has 4 heteroatoms. The van der Waals surface area contributed by atoms with Gasteiger partial charge in [-0.15, -0.1) is 0 Å².